The fourth-order valence-corrected chi connectivity index (χ4v) is 2.55. The van der Waals surface area contributed by atoms with Crippen molar-refractivity contribution in [3.63, 3.8) is 0 Å². The molecular weight excluding hydrogens is 381 g/mol. The largest absolute Gasteiger partial charge is 0.458 e. The maximum absolute atomic E-state index is 14.3. The van der Waals surface area contributed by atoms with Crippen LogP contribution in [0.15, 0.2) is 53.7 Å². The number of halogens is 1. The first-order chi connectivity index (χ1) is 13.6. The summed E-state index contributed by atoms with van der Waals surface area (Å²) in [4.78, 5) is 22.7. The van der Waals surface area contributed by atoms with Gasteiger partial charge in [-0.05, 0) is 32.4 Å². The van der Waals surface area contributed by atoms with Crippen LogP contribution in [0.25, 0.3) is 0 Å². The van der Waals surface area contributed by atoms with Crippen LogP contribution in [-0.2, 0) is 16.0 Å². The van der Waals surface area contributed by atoms with E-state index in [-0.39, 0.29) is 17.8 Å². The van der Waals surface area contributed by atoms with E-state index >= 15 is 0 Å². The average molecular weight is 403 g/mol. The first kappa shape index (κ1) is 21.8. The molecule has 2 aromatic rings. The molecule has 0 aliphatic heterocycles. The minimum absolute atomic E-state index is 0.184. The number of hydrogen-bond acceptors (Lipinski definition) is 6. The maximum atomic E-state index is 14.3. The molecule has 1 unspecified atom stereocenters. The number of non-ortho nitro benzene ring substituents is 1. The second kappa shape index (κ2) is 9.13. The van der Waals surface area contributed by atoms with Gasteiger partial charge < -0.3 is 15.3 Å². The Hall–Kier alpha value is -3.49. The summed E-state index contributed by atoms with van der Waals surface area (Å²) >= 11 is 0. The predicted molar refractivity (Wildman–Crippen MR) is 104 cm³/mol. The number of ether oxygens (including phenoxy) is 1. The highest BCUT2D eigenvalue weighted by Gasteiger charge is 2.28. The summed E-state index contributed by atoms with van der Waals surface area (Å²) in [5.74, 6) is -1.93. The Bertz CT molecular complexity index is 910. The number of nitrogens with one attached hydrogen (secondary N) is 1. The minimum Gasteiger partial charge on any atom is -0.458 e. The molecular formula is C20H22FN3O5. The average Bonchev–Trinajstić information content (AvgIpc) is 2.64. The quantitative estimate of drug-likeness (QED) is 0.191. The third-order valence-corrected chi connectivity index (χ3v) is 3.80. The van der Waals surface area contributed by atoms with Crippen LogP contribution in [-0.4, -0.2) is 33.6 Å². The van der Waals surface area contributed by atoms with Crippen molar-refractivity contribution in [1.82, 2.24) is 5.32 Å². The zero-order valence-electron chi connectivity index (χ0n) is 16.3. The summed E-state index contributed by atoms with van der Waals surface area (Å²) in [7, 11) is 0. The Kier molecular flexibility index (Phi) is 6.87. The third kappa shape index (κ3) is 6.27. The molecule has 2 rings (SSSR count). The van der Waals surface area contributed by atoms with Crippen molar-refractivity contribution in [1.29, 1.82) is 0 Å². The van der Waals surface area contributed by atoms with Crippen LogP contribution in [0, 0.1) is 15.9 Å². The molecule has 29 heavy (non-hydrogen) atoms. The molecule has 0 aliphatic carbocycles. The zero-order chi connectivity index (χ0) is 21.6. The van der Waals surface area contributed by atoms with Gasteiger partial charge in [-0.2, -0.15) is 0 Å². The Morgan fingerprint density at radius 1 is 1.28 bits per heavy atom. The summed E-state index contributed by atoms with van der Waals surface area (Å²) in [6.07, 6.45) is 0.184. The van der Waals surface area contributed by atoms with Gasteiger partial charge in [0.05, 0.1) is 16.6 Å². The number of amidine groups is 1. The summed E-state index contributed by atoms with van der Waals surface area (Å²) in [6.45, 7) is 5.13. The molecule has 0 heterocycles. The molecule has 0 aromatic heterocycles. The molecule has 9 heteroatoms. The van der Waals surface area contributed by atoms with Gasteiger partial charge in [-0.25, -0.2) is 9.18 Å². The highest BCUT2D eigenvalue weighted by Crippen LogP contribution is 2.18. The lowest BCUT2D eigenvalue weighted by Gasteiger charge is -2.25. The van der Waals surface area contributed by atoms with Crippen molar-refractivity contribution in [2.75, 3.05) is 0 Å². The fraction of sp³-hybridized carbons (Fsp3) is 0.300. The van der Waals surface area contributed by atoms with Crippen LogP contribution in [0.5, 0.6) is 0 Å². The van der Waals surface area contributed by atoms with Crippen LogP contribution in [0.4, 0.5) is 10.1 Å². The molecule has 0 radical (unpaired) electrons. The Morgan fingerprint density at radius 3 is 2.45 bits per heavy atom. The van der Waals surface area contributed by atoms with E-state index in [1.54, 1.807) is 45.0 Å². The van der Waals surface area contributed by atoms with Gasteiger partial charge in [0.15, 0.2) is 5.84 Å². The zero-order valence-corrected chi connectivity index (χ0v) is 16.3. The minimum atomic E-state index is -0.989. The highest BCUT2D eigenvalue weighted by atomic mass is 19.1. The molecule has 0 saturated carbocycles. The predicted octanol–water partition coefficient (Wildman–Crippen LogP) is 3.41. The van der Waals surface area contributed by atoms with Gasteiger partial charge in [0.1, 0.15) is 17.5 Å². The molecule has 0 spiro atoms. The van der Waals surface area contributed by atoms with Gasteiger partial charge in [0, 0.05) is 12.5 Å². The van der Waals surface area contributed by atoms with E-state index in [4.69, 9.17) is 4.74 Å². The van der Waals surface area contributed by atoms with Gasteiger partial charge >= 0.3 is 5.97 Å². The van der Waals surface area contributed by atoms with Gasteiger partial charge in [0.2, 0.25) is 0 Å². The van der Waals surface area contributed by atoms with Crippen molar-refractivity contribution in [2.24, 2.45) is 5.16 Å². The molecule has 1 atom stereocenters. The van der Waals surface area contributed by atoms with Gasteiger partial charge in [-0.1, -0.05) is 35.5 Å². The van der Waals surface area contributed by atoms with Crippen molar-refractivity contribution in [2.45, 2.75) is 38.8 Å². The number of nitro groups is 1. The molecule has 0 bridgehead atoms. The topological polar surface area (TPSA) is 114 Å². The lowest BCUT2D eigenvalue weighted by Crippen LogP contribution is -2.46. The number of rotatable bonds is 6. The molecule has 2 N–H and O–H groups in total. The van der Waals surface area contributed by atoms with E-state index in [2.05, 4.69) is 10.5 Å². The van der Waals surface area contributed by atoms with Crippen LogP contribution in [0.3, 0.4) is 0 Å². The normalized spacial score (nSPS) is 12.9. The van der Waals surface area contributed by atoms with Crippen LogP contribution < -0.4 is 5.32 Å². The Labute approximate surface area is 167 Å². The van der Waals surface area contributed by atoms with Crippen molar-refractivity contribution in [3.05, 3.63) is 75.6 Å². The maximum Gasteiger partial charge on any atom is 0.329 e. The lowest BCUT2D eigenvalue weighted by atomic mass is 10.0. The summed E-state index contributed by atoms with van der Waals surface area (Å²) < 4.78 is 19.8. The first-order valence-electron chi connectivity index (χ1n) is 8.80. The van der Waals surface area contributed by atoms with E-state index in [0.29, 0.717) is 6.07 Å². The monoisotopic (exact) mass is 403 g/mol. The SMILES string of the molecule is CC(C)(C)OC(=O)C(Cc1ccccc1)NC(=NO)c1ccc([N+](=O)[O-])cc1F. The van der Waals surface area contributed by atoms with Crippen molar-refractivity contribution >= 4 is 17.5 Å². The number of oxime groups is 1. The van der Waals surface area contributed by atoms with E-state index in [1.165, 1.54) is 0 Å². The molecule has 2 aromatic carbocycles. The second-order valence-electron chi connectivity index (χ2n) is 7.29. The molecule has 8 nitrogen and oxygen atoms in total. The number of hydrogen-bond donors (Lipinski definition) is 2. The number of nitrogens with zero attached hydrogens (tertiary/aromatic N) is 2. The third-order valence-electron chi connectivity index (χ3n) is 3.80. The summed E-state index contributed by atoms with van der Waals surface area (Å²) in [6, 6.07) is 10.9. The van der Waals surface area contributed by atoms with Crippen LogP contribution >= 0.6 is 0 Å². The van der Waals surface area contributed by atoms with Crippen molar-refractivity contribution in [3.8, 4) is 0 Å². The number of carbonyl (C=O) groups excluding carboxylic acids is 1. The molecule has 0 saturated heterocycles. The van der Waals surface area contributed by atoms with Gasteiger partial charge in [0.25, 0.3) is 5.69 Å². The van der Waals surface area contributed by atoms with Crippen LogP contribution in [0.2, 0.25) is 0 Å². The van der Waals surface area contributed by atoms with E-state index < -0.39 is 34.0 Å². The van der Waals surface area contributed by atoms with E-state index in [1.807, 2.05) is 6.07 Å². The van der Waals surface area contributed by atoms with Crippen LogP contribution in [0.1, 0.15) is 31.9 Å². The molecule has 0 aliphatic rings. The number of nitro benzene ring substituents is 1. The fourth-order valence-electron chi connectivity index (χ4n) is 2.55. The van der Waals surface area contributed by atoms with Gasteiger partial charge in [-0.15, -0.1) is 0 Å². The molecule has 154 valence electrons. The second-order valence-corrected chi connectivity index (χ2v) is 7.29. The smallest absolute Gasteiger partial charge is 0.329 e. The summed E-state index contributed by atoms with van der Waals surface area (Å²) in [5.41, 5.74) is -0.628. The number of benzene rings is 2. The molecule has 0 amide bonds. The first-order valence-corrected chi connectivity index (χ1v) is 8.80. The standard InChI is InChI=1S/C20H22FN3O5/c1-20(2,3)29-19(25)17(11-13-7-5-4-6-8-13)22-18(23-26)15-10-9-14(24(27)28)12-16(15)21/h4-10,12,17,26H,11H2,1-3H3,(H,22,23). The van der Waals surface area contributed by atoms with Crippen molar-refractivity contribution < 1.29 is 24.1 Å². The Balaban J connectivity index is 2.32. The van der Waals surface area contributed by atoms with E-state index in [9.17, 15) is 24.5 Å². The highest BCUT2D eigenvalue weighted by molar-refractivity contribution is 6.01. The van der Waals surface area contributed by atoms with Gasteiger partial charge in [-0.3, -0.25) is 10.1 Å². The lowest BCUT2D eigenvalue weighted by molar-refractivity contribution is -0.385. The number of carbonyl (C=O) groups is 1. The summed E-state index contributed by atoms with van der Waals surface area (Å²) in [5, 5.41) is 25.9. The Morgan fingerprint density at radius 2 is 1.93 bits per heavy atom. The molecule has 0 fully saturated rings. The number of esters is 1. The van der Waals surface area contributed by atoms with E-state index in [0.717, 1.165) is 17.7 Å².